The molecular formula is C21H24N2O6S. The zero-order valence-corrected chi connectivity index (χ0v) is 17.9. The number of carbonyl (C=O) groups is 3. The maximum Gasteiger partial charge on any atom is 0.319 e. The molecule has 160 valence electrons. The number of hydrogen-bond acceptors (Lipinski definition) is 8. The second-order valence-corrected chi connectivity index (χ2v) is 7.10. The summed E-state index contributed by atoms with van der Waals surface area (Å²) < 4.78 is 15.7. The molecule has 0 spiro atoms. The molecule has 9 heteroatoms. The maximum absolute atomic E-state index is 12.9. The van der Waals surface area contributed by atoms with Crippen molar-refractivity contribution in [2.45, 2.75) is 26.7 Å². The average Bonchev–Trinajstić information content (AvgIpc) is 2.72. The Morgan fingerprint density at radius 2 is 1.83 bits per heavy atom. The van der Waals surface area contributed by atoms with Crippen LogP contribution in [-0.4, -0.2) is 43.4 Å². The summed E-state index contributed by atoms with van der Waals surface area (Å²) in [6.07, 6.45) is 0. The van der Waals surface area contributed by atoms with Gasteiger partial charge in [-0.3, -0.25) is 14.4 Å². The third-order valence-electron chi connectivity index (χ3n) is 4.26. The number of benzene rings is 1. The van der Waals surface area contributed by atoms with Crippen molar-refractivity contribution in [2.24, 2.45) is 5.92 Å². The van der Waals surface area contributed by atoms with Gasteiger partial charge in [0.05, 0.1) is 42.2 Å². The molecule has 30 heavy (non-hydrogen) atoms. The van der Waals surface area contributed by atoms with Crippen LogP contribution in [0.4, 0.5) is 0 Å². The van der Waals surface area contributed by atoms with Crippen molar-refractivity contribution >= 4 is 29.6 Å². The van der Waals surface area contributed by atoms with E-state index in [0.717, 1.165) is 11.8 Å². The molecule has 0 saturated heterocycles. The molecular weight excluding hydrogens is 408 g/mol. The van der Waals surface area contributed by atoms with Gasteiger partial charge < -0.3 is 19.5 Å². The van der Waals surface area contributed by atoms with E-state index in [1.165, 1.54) is 0 Å². The van der Waals surface area contributed by atoms with E-state index < -0.39 is 29.7 Å². The maximum atomic E-state index is 12.9. The topological polar surface area (TPSA) is 115 Å². The van der Waals surface area contributed by atoms with Crippen molar-refractivity contribution in [3.63, 3.8) is 0 Å². The second kappa shape index (κ2) is 11.3. The lowest BCUT2D eigenvalue weighted by atomic mass is 9.78. The first kappa shape index (κ1) is 23.3. The number of nitriles is 1. The number of para-hydroxylation sites is 1. The summed E-state index contributed by atoms with van der Waals surface area (Å²) >= 11 is 0.984. The molecule has 2 rings (SSSR count). The summed E-state index contributed by atoms with van der Waals surface area (Å²) in [7, 11) is 0. The molecule has 0 aliphatic carbocycles. The Kier molecular flexibility index (Phi) is 8.74. The standard InChI is InChI=1S/C21H24N2O6S/c1-4-27-15-10-8-7-9-13(15)17-14(11-22)20(30-12-16(24)28-5-2)23-19(25)18(17)21(26)29-6-3/h7-10,17-18H,4-6,12H2,1-3H3,(H,23,25)/t17-,18-/m1/s1. The lowest BCUT2D eigenvalue weighted by Crippen LogP contribution is -2.44. The van der Waals surface area contributed by atoms with Gasteiger partial charge in [-0.25, -0.2) is 0 Å². The molecule has 1 aliphatic heterocycles. The number of thioether (sulfide) groups is 1. The van der Waals surface area contributed by atoms with Crippen LogP contribution in [0.25, 0.3) is 0 Å². The zero-order valence-electron chi connectivity index (χ0n) is 17.1. The average molecular weight is 432 g/mol. The SMILES string of the molecule is CCOC(=O)CSC1=C(C#N)[C@@H](c2ccccc2OCC)[C@@H](C(=O)OCC)C(=O)N1. The molecule has 0 bridgehead atoms. The van der Waals surface area contributed by atoms with Crippen molar-refractivity contribution in [1.29, 1.82) is 5.26 Å². The first-order valence-corrected chi connectivity index (χ1v) is 10.6. The van der Waals surface area contributed by atoms with E-state index in [1.54, 1.807) is 38.1 Å². The monoisotopic (exact) mass is 432 g/mol. The molecule has 1 heterocycles. The van der Waals surface area contributed by atoms with E-state index in [1.807, 2.05) is 6.92 Å². The van der Waals surface area contributed by atoms with E-state index >= 15 is 0 Å². The fourth-order valence-electron chi connectivity index (χ4n) is 3.12. The van der Waals surface area contributed by atoms with Crippen LogP contribution in [-0.2, 0) is 23.9 Å². The van der Waals surface area contributed by atoms with Crippen molar-refractivity contribution in [3.8, 4) is 11.8 Å². The number of nitrogens with zero attached hydrogens (tertiary/aromatic N) is 1. The third-order valence-corrected chi connectivity index (χ3v) is 5.25. The Labute approximate surface area is 179 Å². The highest BCUT2D eigenvalue weighted by Crippen LogP contribution is 2.43. The van der Waals surface area contributed by atoms with E-state index in [2.05, 4.69) is 11.4 Å². The van der Waals surface area contributed by atoms with Gasteiger partial charge in [0.2, 0.25) is 5.91 Å². The van der Waals surface area contributed by atoms with Crippen LogP contribution >= 0.6 is 11.8 Å². The van der Waals surface area contributed by atoms with Gasteiger partial charge in [-0.2, -0.15) is 5.26 Å². The van der Waals surface area contributed by atoms with Crippen molar-refractivity contribution in [1.82, 2.24) is 5.32 Å². The quantitative estimate of drug-likeness (QED) is 0.468. The van der Waals surface area contributed by atoms with E-state index in [9.17, 15) is 19.6 Å². The van der Waals surface area contributed by atoms with Crippen LogP contribution < -0.4 is 10.1 Å². The third kappa shape index (κ3) is 5.33. The summed E-state index contributed by atoms with van der Waals surface area (Å²) in [6.45, 7) is 5.84. The minimum Gasteiger partial charge on any atom is -0.494 e. The predicted octanol–water partition coefficient (Wildman–Crippen LogP) is 2.51. The minimum absolute atomic E-state index is 0.0848. The number of nitrogens with one attached hydrogen (secondary N) is 1. The van der Waals surface area contributed by atoms with Gasteiger partial charge in [0, 0.05) is 11.5 Å². The molecule has 0 aromatic heterocycles. The highest BCUT2D eigenvalue weighted by molar-refractivity contribution is 8.03. The fourth-order valence-corrected chi connectivity index (χ4v) is 3.97. The van der Waals surface area contributed by atoms with Crippen LogP contribution in [0.15, 0.2) is 34.9 Å². The normalized spacial score (nSPS) is 18.3. The number of amides is 1. The Hall–Kier alpha value is -2.99. The molecule has 0 saturated carbocycles. The molecule has 1 N–H and O–H groups in total. The smallest absolute Gasteiger partial charge is 0.319 e. The van der Waals surface area contributed by atoms with Crippen molar-refractivity contribution in [3.05, 3.63) is 40.4 Å². The van der Waals surface area contributed by atoms with E-state index in [4.69, 9.17) is 14.2 Å². The number of carbonyl (C=O) groups excluding carboxylic acids is 3. The highest BCUT2D eigenvalue weighted by Gasteiger charge is 2.45. The number of esters is 2. The van der Waals surface area contributed by atoms with Crippen LogP contribution in [0.2, 0.25) is 0 Å². The summed E-state index contributed by atoms with van der Waals surface area (Å²) in [5.41, 5.74) is 0.687. The number of hydrogen-bond donors (Lipinski definition) is 1. The Bertz CT molecular complexity index is 876. The van der Waals surface area contributed by atoms with Gasteiger partial charge in [-0.05, 0) is 26.8 Å². The molecule has 1 amide bonds. The minimum atomic E-state index is -1.26. The largest absolute Gasteiger partial charge is 0.494 e. The van der Waals surface area contributed by atoms with Gasteiger partial charge in [-0.1, -0.05) is 30.0 Å². The Morgan fingerprint density at radius 1 is 1.13 bits per heavy atom. The molecule has 1 aromatic rings. The van der Waals surface area contributed by atoms with Crippen LogP contribution in [0.3, 0.4) is 0 Å². The molecule has 8 nitrogen and oxygen atoms in total. The summed E-state index contributed by atoms with van der Waals surface area (Å²) in [5, 5.41) is 12.7. The first-order valence-electron chi connectivity index (χ1n) is 9.60. The summed E-state index contributed by atoms with van der Waals surface area (Å²) in [6, 6.07) is 9.04. The lowest BCUT2D eigenvalue weighted by molar-refractivity contribution is -0.153. The molecule has 0 radical (unpaired) electrons. The van der Waals surface area contributed by atoms with Gasteiger partial charge in [0.15, 0.2) is 0 Å². The van der Waals surface area contributed by atoms with E-state index in [0.29, 0.717) is 17.9 Å². The van der Waals surface area contributed by atoms with Crippen molar-refractivity contribution in [2.75, 3.05) is 25.6 Å². The first-order chi connectivity index (χ1) is 14.5. The number of ether oxygens (including phenoxy) is 3. The van der Waals surface area contributed by atoms with E-state index in [-0.39, 0.29) is 29.6 Å². The highest BCUT2D eigenvalue weighted by atomic mass is 32.2. The molecule has 0 fully saturated rings. The lowest BCUT2D eigenvalue weighted by Gasteiger charge is -2.31. The fraction of sp³-hybridized carbons (Fsp3) is 0.429. The van der Waals surface area contributed by atoms with Gasteiger partial charge >= 0.3 is 11.9 Å². The number of allylic oxidation sites excluding steroid dienone is 1. The molecule has 0 unspecified atom stereocenters. The zero-order chi connectivity index (χ0) is 22.1. The predicted molar refractivity (Wildman–Crippen MR) is 110 cm³/mol. The molecule has 2 atom stereocenters. The molecule has 1 aromatic carbocycles. The van der Waals surface area contributed by atoms with Crippen LogP contribution in [0, 0.1) is 17.2 Å². The Balaban J connectivity index is 2.56. The van der Waals surface area contributed by atoms with Gasteiger partial charge in [0.25, 0.3) is 0 Å². The van der Waals surface area contributed by atoms with Crippen LogP contribution in [0.1, 0.15) is 32.3 Å². The van der Waals surface area contributed by atoms with Gasteiger partial charge in [-0.15, -0.1) is 0 Å². The van der Waals surface area contributed by atoms with Crippen LogP contribution in [0.5, 0.6) is 5.75 Å². The van der Waals surface area contributed by atoms with Gasteiger partial charge in [0.1, 0.15) is 11.7 Å². The Morgan fingerprint density at radius 3 is 2.47 bits per heavy atom. The number of rotatable bonds is 9. The van der Waals surface area contributed by atoms with Crippen molar-refractivity contribution < 1.29 is 28.6 Å². The summed E-state index contributed by atoms with van der Waals surface area (Å²) in [5.74, 6) is -3.58. The molecule has 1 aliphatic rings. The summed E-state index contributed by atoms with van der Waals surface area (Å²) in [4.78, 5) is 37.3. The second-order valence-electron chi connectivity index (χ2n) is 6.12.